The highest BCUT2D eigenvalue weighted by molar-refractivity contribution is 5.82. The number of ether oxygens (including phenoxy) is 3. The molecule has 0 saturated heterocycles. The van der Waals surface area contributed by atoms with Gasteiger partial charge in [0, 0.05) is 5.56 Å². The molecule has 25 heavy (non-hydrogen) atoms. The third-order valence-electron chi connectivity index (χ3n) is 3.46. The van der Waals surface area contributed by atoms with Crippen LogP contribution in [0.3, 0.4) is 0 Å². The van der Waals surface area contributed by atoms with Crippen LogP contribution >= 0.6 is 0 Å². The molecule has 128 valence electrons. The van der Waals surface area contributed by atoms with E-state index in [1.807, 2.05) is 42.5 Å². The van der Waals surface area contributed by atoms with E-state index in [1.165, 1.54) is 17.3 Å². The Morgan fingerprint density at radius 3 is 2.24 bits per heavy atom. The van der Waals surface area contributed by atoms with Crippen LogP contribution in [-0.4, -0.2) is 35.3 Å². The first-order chi connectivity index (χ1) is 12.3. The van der Waals surface area contributed by atoms with Gasteiger partial charge in [-0.15, -0.1) is 10.2 Å². The summed E-state index contributed by atoms with van der Waals surface area (Å²) >= 11 is 0. The molecule has 2 aromatic carbocycles. The Kier molecular flexibility index (Phi) is 5.26. The Morgan fingerprint density at radius 1 is 1.00 bits per heavy atom. The largest absolute Gasteiger partial charge is 0.493 e. The Morgan fingerprint density at radius 2 is 1.64 bits per heavy atom. The van der Waals surface area contributed by atoms with Gasteiger partial charge in [-0.1, -0.05) is 30.3 Å². The average molecular weight is 338 g/mol. The minimum Gasteiger partial charge on any atom is -0.493 e. The second-order valence-electron chi connectivity index (χ2n) is 5.12. The highest BCUT2D eigenvalue weighted by Gasteiger charge is 2.14. The number of nitrogens with zero attached hydrogens (tertiary/aromatic N) is 4. The molecule has 0 aliphatic heterocycles. The van der Waals surface area contributed by atoms with Crippen LogP contribution in [-0.2, 0) is 6.61 Å². The van der Waals surface area contributed by atoms with Crippen LogP contribution in [0.5, 0.6) is 17.2 Å². The molecule has 1 aromatic heterocycles. The summed E-state index contributed by atoms with van der Waals surface area (Å²) < 4.78 is 18.3. The van der Waals surface area contributed by atoms with E-state index in [4.69, 9.17) is 14.2 Å². The van der Waals surface area contributed by atoms with E-state index < -0.39 is 0 Å². The van der Waals surface area contributed by atoms with Gasteiger partial charge in [-0.05, 0) is 17.7 Å². The van der Waals surface area contributed by atoms with Crippen molar-refractivity contribution in [2.45, 2.75) is 6.61 Å². The Balaban J connectivity index is 1.84. The van der Waals surface area contributed by atoms with Crippen molar-refractivity contribution in [2.24, 2.45) is 5.10 Å². The Hall–Kier alpha value is -3.35. The molecule has 0 atom stereocenters. The van der Waals surface area contributed by atoms with Gasteiger partial charge in [0.2, 0.25) is 5.75 Å². The van der Waals surface area contributed by atoms with Crippen LogP contribution in [0, 0.1) is 0 Å². The smallest absolute Gasteiger partial charge is 0.203 e. The third-order valence-corrected chi connectivity index (χ3v) is 3.46. The van der Waals surface area contributed by atoms with Crippen LogP contribution in [0.1, 0.15) is 11.1 Å². The zero-order valence-electron chi connectivity index (χ0n) is 14.0. The van der Waals surface area contributed by atoms with Crippen LogP contribution in [0.25, 0.3) is 0 Å². The van der Waals surface area contributed by atoms with Crippen LogP contribution in [0.2, 0.25) is 0 Å². The number of hydrogen-bond donors (Lipinski definition) is 0. The molecule has 0 radical (unpaired) electrons. The molecule has 0 saturated carbocycles. The summed E-state index contributed by atoms with van der Waals surface area (Å²) in [4.78, 5) is 0. The van der Waals surface area contributed by atoms with Gasteiger partial charge in [0.25, 0.3) is 0 Å². The molecule has 0 N–H and O–H groups in total. The molecular weight excluding hydrogens is 320 g/mol. The van der Waals surface area contributed by atoms with Gasteiger partial charge in [0.1, 0.15) is 19.3 Å². The summed E-state index contributed by atoms with van der Waals surface area (Å²) in [6, 6.07) is 13.6. The van der Waals surface area contributed by atoms with E-state index in [-0.39, 0.29) is 0 Å². The van der Waals surface area contributed by atoms with Crippen molar-refractivity contribution in [1.29, 1.82) is 0 Å². The normalized spacial score (nSPS) is 10.8. The van der Waals surface area contributed by atoms with Crippen LogP contribution in [0.4, 0.5) is 0 Å². The molecule has 7 nitrogen and oxygen atoms in total. The molecule has 7 heteroatoms. The van der Waals surface area contributed by atoms with Crippen molar-refractivity contribution in [3.05, 3.63) is 66.2 Å². The Labute approximate surface area is 145 Å². The number of hydrogen-bond acceptors (Lipinski definition) is 6. The van der Waals surface area contributed by atoms with E-state index in [0.29, 0.717) is 23.9 Å². The lowest BCUT2D eigenvalue weighted by Crippen LogP contribution is -2.01. The van der Waals surface area contributed by atoms with Gasteiger partial charge in [0.05, 0.1) is 20.4 Å². The highest BCUT2D eigenvalue weighted by atomic mass is 16.5. The molecule has 0 unspecified atom stereocenters. The lowest BCUT2D eigenvalue weighted by molar-refractivity contribution is 0.266. The van der Waals surface area contributed by atoms with E-state index in [2.05, 4.69) is 15.3 Å². The lowest BCUT2D eigenvalue weighted by Gasteiger charge is -2.15. The second kappa shape index (κ2) is 7.96. The number of rotatable bonds is 7. The standard InChI is InChI=1S/C18H18N4O3/c1-23-16-8-15(10-21-22-12-19-20-13-22)9-17(24-2)18(16)25-11-14-6-4-3-5-7-14/h3-10,12-13H,11H2,1-2H3/b21-10-. The van der Waals surface area contributed by atoms with Gasteiger partial charge >= 0.3 is 0 Å². The molecule has 0 spiro atoms. The molecule has 0 bridgehead atoms. The fourth-order valence-corrected chi connectivity index (χ4v) is 2.23. The summed E-state index contributed by atoms with van der Waals surface area (Å²) in [7, 11) is 3.18. The SMILES string of the molecule is COc1cc(/C=N\n2cnnc2)cc(OC)c1OCc1ccccc1. The average Bonchev–Trinajstić information content (AvgIpc) is 3.18. The van der Waals surface area contributed by atoms with Crippen molar-refractivity contribution in [3.8, 4) is 17.2 Å². The minimum atomic E-state index is 0.418. The predicted molar refractivity (Wildman–Crippen MR) is 93.3 cm³/mol. The molecule has 1 heterocycles. The van der Waals surface area contributed by atoms with Gasteiger partial charge < -0.3 is 14.2 Å². The summed E-state index contributed by atoms with van der Waals surface area (Å²) in [5.41, 5.74) is 1.86. The number of aromatic nitrogens is 3. The van der Waals surface area contributed by atoms with Gasteiger partial charge in [-0.25, -0.2) is 4.68 Å². The molecule has 0 aliphatic rings. The molecule has 0 aliphatic carbocycles. The predicted octanol–water partition coefficient (Wildman–Crippen LogP) is 2.76. The molecule has 0 amide bonds. The van der Waals surface area contributed by atoms with E-state index in [1.54, 1.807) is 20.4 Å². The van der Waals surface area contributed by atoms with E-state index in [0.717, 1.165) is 11.1 Å². The van der Waals surface area contributed by atoms with Gasteiger partial charge in [-0.3, -0.25) is 0 Å². The molecule has 0 fully saturated rings. The Bertz CT molecular complexity index is 808. The first-order valence-electron chi connectivity index (χ1n) is 7.62. The lowest BCUT2D eigenvalue weighted by atomic mass is 10.2. The monoisotopic (exact) mass is 338 g/mol. The van der Waals surface area contributed by atoms with Crippen molar-refractivity contribution in [2.75, 3.05) is 14.2 Å². The topological polar surface area (TPSA) is 70.8 Å². The summed E-state index contributed by atoms with van der Waals surface area (Å²) in [5.74, 6) is 1.69. The third kappa shape index (κ3) is 4.14. The van der Waals surface area contributed by atoms with Crippen molar-refractivity contribution in [3.63, 3.8) is 0 Å². The first kappa shape index (κ1) is 16.5. The van der Waals surface area contributed by atoms with Crippen molar-refractivity contribution < 1.29 is 14.2 Å². The maximum atomic E-state index is 5.92. The van der Waals surface area contributed by atoms with Gasteiger partial charge in [-0.2, -0.15) is 5.10 Å². The van der Waals surface area contributed by atoms with Crippen LogP contribution < -0.4 is 14.2 Å². The summed E-state index contributed by atoms with van der Waals surface area (Å²) in [5, 5.41) is 11.6. The zero-order chi connectivity index (χ0) is 17.5. The highest BCUT2D eigenvalue weighted by Crippen LogP contribution is 2.38. The fourth-order valence-electron chi connectivity index (χ4n) is 2.23. The number of benzene rings is 2. The van der Waals surface area contributed by atoms with E-state index >= 15 is 0 Å². The second-order valence-corrected chi connectivity index (χ2v) is 5.12. The quantitative estimate of drug-likeness (QED) is 0.620. The molecule has 3 aromatic rings. The summed E-state index contributed by atoms with van der Waals surface area (Å²) in [6.07, 6.45) is 4.67. The molecular formula is C18H18N4O3. The number of methoxy groups -OCH3 is 2. The fraction of sp³-hybridized carbons (Fsp3) is 0.167. The van der Waals surface area contributed by atoms with Crippen LogP contribution in [0.15, 0.2) is 60.2 Å². The van der Waals surface area contributed by atoms with Crippen molar-refractivity contribution in [1.82, 2.24) is 14.9 Å². The maximum absolute atomic E-state index is 5.92. The van der Waals surface area contributed by atoms with E-state index in [9.17, 15) is 0 Å². The maximum Gasteiger partial charge on any atom is 0.203 e. The minimum absolute atomic E-state index is 0.418. The zero-order valence-corrected chi connectivity index (χ0v) is 14.0. The summed E-state index contributed by atoms with van der Waals surface area (Å²) in [6.45, 7) is 0.418. The van der Waals surface area contributed by atoms with Crippen molar-refractivity contribution >= 4 is 6.21 Å². The first-order valence-corrected chi connectivity index (χ1v) is 7.62. The van der Waals surface area contributed by atoms with Gasteiger partial charge in [0.15, 0.2) is 11.5 Å². The molecule has 3 rings (SSSR count).